The molecule has 0 aliphatic heterocycles. The van der Waals surface area contributed by atoms with Gasteiger partial charge in [0, 0.05) is 23.7 Å². The Morgan fingerprint density at radius 2 is 1.76 bits per heavy atom. The van der Waals surface area contributed by atoms with Gasteiger partial charge in [-0.15, -0.1) is 11.3 Å². The lowest BCUT2D eigenvalue weighted by atomic mass is 10.1. The second-order valence-corrected chi connectivity index (χ2v) is 9.77. The van der Waals surface area contributed by atoms with Crippen LogP contribution in [0, 0.1) is 5.82 Å². The smallest absolute Gasteiger partial charge is 0.203 e. The topological polar surface area (TPSA) is 111 Å². The number of thiophene rings is 1. The molecule has 4 aromatic rings. The second kappa shape index (κ2) is 14.0. The maximum Gasteiger partial charge on any atom is 0.203 e. The lowest BCUT2D eigenvalue weighted by Gasteiger charge is -2.20. The van der Waals surface area contributed by atoms with E-state index < -0.39 is 5.82 Å². The molecule has 0 saturated heterocycles. The van der Waals surface area contributed by atoms with Crippen LogP contribution in [0.25, 0.3) is 20.7 Å². The number of hydrogen-bond donors (Lipinski definition) is 2. The number of anilines is 1. The van der Waals surface area contributed by atoms with Gasteiger partial charge in [0.2, 0.25) is 5.75 Å². The third-order valence-electron chi connectivity index (χ3n) is 6.35. The van der Waals surface area contributed by atoms with E-state index in [0.717, 1.165) is 19.6 Å². The van der Waals surface area contributed by atoms with Crippen molar-refractivity contribution in [1.82, 2.24) is 14.9 Å². The van der Waals surface area contributed by atoms with E-state index in [2.05, 4.69) is 39.2 Å². The van der Waals surface area contributed by atoms with Gasteiger partial charge in [-0.25, -0.2) is 14.4 Å². The minimum absolute atomic E-state index is 0.0435. The largest absolute Gasteiger partial charge is 0.504 e. The number of nitrogens with one attached hydrogen (secondary N) is 1. The number of aromatic hydroxyl groups is 1. The Balaban J connectivity index is 1.58. The molecular weight excluding hydrogens is 549 g/mol. The highest BCUT2D eigenvalue weighted by Crippen LogP contribution is 2.47. The molecule has 41 heavy (non-hydrogen) atoms. The van der Waals surface area contributed by atoms with E-state index in [4.69, 9.17) is 18.9 Å². The van der Waals surface area contributed by atoms with Crippen LogP contribution in [0.15, 0.2) is 41.8 Å². The van der Waals surface area contributed by atoms with E-state index in [-0.39, 0.29) is 5.75 Å². The Morgan fingerprint density at radius 1 is 1.02 bits per heavy atom. The molecule has 0 bridgehead atoms. The highest BCUT2D eigenvalue weighted by molar-refractivity contribution is 7.23. The van der Waals surface area contributed by atoms with Crippen LogP contribution in [-0.2, 0) is 0 Å². The minimum atomic E-state index is -0.429. The lowest BCUT2D eigenvalue weighted by molar-refractivity contribution is 0.211. The van der Waals surface area contributed by atoms with Crippen LogP contribution >= 0.6 is 11.3 Å². The highest BCUT2D eigenvalue weighted by Gasteiger charge is 2.21. The quantitative estimate of drug-likeness (QED) is 0.141. The number of likely N-dealkylation sites (N-methyl/N-ethyl adjacent to an activating group) is 1. The predicted molar refractivity (Wildman–Crippen MR) is 160 cm³/mol. The highest BCUT2D eigenvalue weighted by atomic mass is 32.1. The van der Waals surface area contributed by atoms with Gasteiger partial charge in [0.05, 0.1) is 31.9 Å². The molecule has 2 aromatic heterocycles. The first-order chi connectivity index (χ1) is 19.9. The summed E-state index contributed by atoms with van der Waals surface area (Å²) in [5.74, 6) is 1.82. The fourth-order valence-electron chi connectivity index (χ4n) is 4.22. The average molecular weight is 584 g/mol. The Bertz CT molecular complexity index is 1480. The molecule has 0 aliphatic rings. The summed E-state index contributed by atoms with van der Waals surface area (Å²) in [5.41, 5.74) is 4.54. The van der Waals surface area contributed by atoms with Gasteiger partial charge in [0.25, 0.3) is 0 Å². The monoisotopic (exact) mass is 583 g/mol. The molecule has 2 heterocycles. The van der Waals surface area contributed by atoms with Gasteiger partial charge in [-0.1, -0.05) is 13.8 Å². The molecule has 2 aromatic carbocycles. The summed E-state index contributed by atoms with van der Waals surface area (Å²) in [7, 11) is 3.14. The van der Waals surface area contributed by atoms with Crippen molar-refractivity contribution in [2.75, 3.05) is 52.5 Å². The first-order valence-electron chi connectivity index (χ1n) is 13.2. The number of methoxy groups -OCH3 is 2. The van der Waals surface area contributed by atoms with Gasteiger partial charge in [-0.3, -0.25) is 5.43 Å². The van der Waals surface area contributed by atoms with E-state index in [1.54, 1.807) is 38.6 Å². The van der Waals surface area contributed by atoms with Crippen LogP contribution in [0.4, 0.5) is 10.2 Å². The number of aromatic nitrogens is 2. The molecule has 0 unspecified atom stereocenters. The van der Waals surface area contributed by atoms with Crippen molar-refractivity contribution >= 4 is 33.6 Å². The first kappa shape index (κ1) is 29.8. The zero-order valence-corrected chi connectivity index (χ0v) is 24.5. The van der Waals surface area contributed by atoms with Crippen molar-refractivity contribution in [2.45, 2.75) is 20.8 Å². The Labute approximate surface area is 242 Å². The first-order valence-corrected chi connectivity index (χ1v) is 14.0. The van der Waals surface area contributed by atoms with Crippen molar-refractivity contribution in [3.05, 3.63) is 48.0 Å². The fourth-order valence-corrected chi connectivity index (χ4v) is 5.34. The van der Waals surface area contributed by atoms with Crippen LogP contribution in [0.1, 0.15) is 26.3 Å². The number of benzene rings is 2. The number of hydrazone groups is 1. The Morgan fingerprint density at radius 3 is 2.41 bits per heavy atom. The summed E-state index contributed by atoms with van der Waals surface area (Å²) in [6.45, 7) is 9.56. The van der Waals surface area contributed by atoms with E-state index in [0.29, 0.717) is 68.3 Å². The molecule has 0 amide bonds. The molecule has 4 rings (SSSR count). The Hall–Kier alpha value is -4.16. The van der Waals surface area contributed by atoms with E-state index in [1.165, 1.54) is 29.8 Å². The molecule has 0 atom stereocenters. The molecule has 12 heteroatoms. The third kappa shape index (κ3) is 6.77. The maximum absolute atomic E-state index is 13.9. The normalized spacial score (nSPS) is 11.4. The van der Waals surface area contributed by atoms with Gasteiger partial charge in [-0.05, 0) is 44.3 Å². The van der Waals surface area contributed by atoms with Crippen LogP contribution in [0.2, 0.25) is 0 Å². The third-order valence-corrected chi connectivity index (χ3v) is 7.56. The summed E-state index contributed by atoms with van der Waals surface area (Å²) in [5, 5.41) is 15.3. The molecular formula is C29H34FN5O5S. The number of ether oxygens (including phenoxy) is 4. The SMILES string of the molecule is CCOc1cc(F)ccc1-c1sc2c(NN=Cc3cc(OC)c(OCCN(CC)CC)c(OC)c3)ncnc2c1O. The van der Waals surface area contributed by atoms with Crippen LogP contribution in [0.5, 0.6) is 28.7 Å². The van der Waals surface area contributed by atoms with Gasteiger partial charge >= 0.3 is 0 Å². The van der Waals surface area contributed by atoms with E-state index in [9.17, 15) is 9.50 Å². The predicted octanol–water partition coefficient (Wildman–Crippen LogP) is 5.79. The number of rotatable bonds is 14. The summed E-state index contributed by atoms with van der Waals surface area (Å²) < 4.78 is 37.2. The molecule has 0 saturated carbocycles. The van der Waals surface area contributed by atoms with Crippen LogP contribution in [-0.4, -0.2) is 73.3 Å². The van der Waals surface area contributed by atoms with Crippen molar-refractivity contribution in [2.24, 2.45) is 5.10 Å². The number of halogens is 1. The van der Waals surface area contributed by atoms with Crippen LogP contribution < -0.4 is 24.4 Å². The molecule has 2 N–H and O–H groups in total. The van der Waals surface area contributed by atoms with Crippen LogP contribution in [0.3, 0.4) is 0 Å². The number of nitrogens with zero attached hydrogens (tertiary/aromatic N) is 4. The zero-order chi connectivity index (χ0) is 29.4. The standard InChI is InChI=1S/C29H34FN5O5S/c1-6-35(7-2)11-12-40-26-22(37-4)13-18(14-23(26)38-5)16-33-34-29-28-24(31-17-32-29)25(36)27(41-28)20-10-9-19(30)15-21(20)39-8-3/h9-10,13-17,36H,6-8,11-12H2,1-5H3,(H,31,32,34). The van der Waals surface area contributed by atoms with Gasteiger partial charge in [0.1, 0.15) is 34.7 Å². The van der Waals surface area contributed by atoms with E-state index >= 15 is 0 Å². The van der Waals surface area contributed by atoms with Gasteiger partial charge < -0.3 is 29.0 Å². The molecule has 0 aliphatic carbocycles. The average Bonchev–Trinajstić information content (AvgIpc) is 3.32. The molecule has 0 spiro atoms. The summed E-state index contributed by atoms with van der Waals surface area (Å²) in [4.78, 5) is 11.3. The Kier molecular flexibility index (Phi) is 10.1. The number of hydrogen-bond acceptors (Lipinski definition) is 11. The number of fused-ring (bicyclic) bond motifs is 1. The van der Waals surface area contributed by atoms with Gasteiger partial charge in [0.15, 0.2) is 23.1 Å². The summed E-state index contributed by atoms with van der Waals surface area (Å²) in [6.07, 6.45) is 2.93. The lowest BCUT2D eigenvalue weighted by Crippen LogP contribution is -2.28. The zero-order valence-electron chi connectivity index (χ0n) is 23.7. The van der Waals surface area contributed by atoms with Crippen molar-refractivity contribution in [1.29, 1.82) is 0 Å². The maximum atomic E-state index is 13.9. The fraction of sp³-hybridized carbons (Fsp3) is 0.345. The molecule has 218 valence electrons. The van der Waals surface area contributed by atoms with Crippen molar-refractivity contribution < 1.29 is 28.4 Å². The van der Waals surface area contributed by atoms with Gasteiger partial charge in [-0.2, -0.15) is 5.10 Å². The van der Waals surface area contributed by atoms with Crippen molar-refractivity contribution in [3.8, 4) is 39.2 Å². The van der Waals surface area contributed by atoms with E-state index in [1.807, 2.05) is 6.92 Å². The minimum Gasteiger partial charge on any atom is -0.504 e. The molecule has 10 nitrogen and oxygen atoms in total. The van der Waals surface area contributed by atoms with Crippen molar-refractivity contribution in [3.63, 3.8) is 0 Å². The molecule has 0 fully saturated rings. The summed E-state index contributed by atoms with van der Waals surface area (Å²) >= 11 is 1.25. The summed E-state index contributed by atoms with van der Waals surface area (Å²) in [6, 6.07) is 7.79. The second-order valence-electron chi connectivity index (χ2n) is 8.75. The molecule has 0 radical (unpaired) electrons.